The highest BCUT2D eigenvalue weighted by Gasteiger charge is 2.15. The Balaban J connectivity index is 1.54. The Morgan fingerprint density at radius 3 is 2.68 bits per heavy atom. The van der Waals surface area contributed by atoms with E-state index in [1.54, 1.807) is 35.6 Å². The highest BCUT2D eigenvalue weighted by atomic mass is 32.1. The number of nitrogens with one attached hydrogen (secondary N) is 1. The molecule has 1 N–H and O–H groups in total. The number of carbonyl (C=O) groups is 1. The molecule has 2 aromatic heterocycles. The van der Waals surface area contributed by atoms with E-state index >= 15 is 0 Å². The zero-order valence-electron chi connectivity index (χ0n) is 17.5. The van der Waals surface area contributed by atoms with Crippen LogP contribution < -0.4 is 16.6 Å². The fraction of sp³-hybridized carbons (Fsp3) is 0.375. The van der Waals surface area contributed by atoms with Crippen molar-refractivity contribution in [2.45, 2.75) is 51.6 Å². The highest BCUT2D eigenvalue weighted by Crippen LogP contribution is 2.19. The van der Waals surface area contributed by atoms with Crippen LogP contribution in [-0.2, 0) is 24.3 Å². The first-order valence-electron chi connectivity index (χ1n) is 10.8. The van der Waals surface area contributed by atoms with Crippen molar-refractivity contribution in [1.29, 1.82) is 0 Å². The van der Waals surface area contributed by atoms with Gasteiger partial charge in [0.2, 0.25) is 5.91 Å². The van der Waals surface area contributed by atoms with Crippen molar-refractivity contribution in [2.75, 3.05) is 6.54 Å². The van der Waals surface area contributed by atoms with Gasteiger partial charge in [0.25, 0.3) is 5.56 Å². The van der Waals surface area contributed by atoms with Crippen molar-refractivity contribution < 1.29 is 4.79 Å². The number of fused-ring (bicyclic) bond motifs is 1. The molecule has 4 rings (SSSR count). The molecule has 0 unspecified atom stereocenters. The molecule has 6 nitrogen and oxygen atoms in total. The Hall–Kier alpha value is -2.93. The smallest absolute Gasteiger partial charge is 0.331 e. The summed E-state index contributed by atoms with van der Waals surface area (Å²) in [5.41, 5.74) is 1.15. The summed E-state index contributed by atoms with van der Waals surface area (Å²) >= 11 is 1.60. The first-order valence-corrected chi connectivity index (χ1v) is 11.7. The molecule has 7 heteroatoms. The Bertz CT molecular complexity index is 1210. The Morgan fingerprint density at radius 2 is 1.90 bits per heavy atom. The third-order valence-electron chi connectivity index (χ3n) is 5.75. The SMILES string of the molecule is O=C(Cn1c(=O)n(CCc2cccs2)c(=O)c2ccccc21)NCCC1=CCCCC1. The molecule has 0 fully saturated rings. The molecule has 0 radical (unpaired) electrons. The lowest BCUT2D eigenvalue weighted by molar-refractivity contribution is -0.121. The molecule has 162 valence electrons. The summed E-state index contributed by atoms with van der Waals surface area (Å²) in [5, 5.41) is 5.36. The molecular weight excluding hydrogens is 410 g/mol. The number of hydrogen-bond acceptors (Lipinski definition) is 4. The van der Waals surface area contributed by atoms with Gasteiger partial charge < -0.3 is 5.32 Å². The minimum absolute atomic E-state index is 0.0995. The second-order valence-electron chi connectivity index (χ2n) is 7.88. The lowest BCUT2D eigenvalue weighted by Gasteiger charge is -2.15. The summed E-state index contributed by atoms with van der Waals surface area (Å²) in [4.78, 5) is 39.8. The molecule has 1 aromatic carbocycles. The largest absolute Gasteiger partial charge is 0.354 e. The number of nitrogens with zero attached hydrogens (tertiary/aromatic N) is 2. The van der Waals surface area contributed by atoms with Gasteiger partial charge in [0.1, 0.15) is 6.54 Å². The lowest BCUT2D eigenvalue weighted by atomic mass is 9.97. The zero-order chi connectivity index (χ0) is 21.6. The van der Waals surface area contributed by atoms with Gasteiger partial charge in [0.05, 0.1) is 10.9 Å². The fourth-order valence-corrected chi connectivity index (χ4v) is 4.79. The number of amides is 1. The monoisotopic (exact) mass is 437 g/mol. The number of rotatable bonds is 8. The second kappa shape index (κ2) is 9.92. The van der Waals surface area contributed by atoms with Crippen LogP contribution in [0.3, 0.4) is 0 Å². The van der Waals surface area contributed by atoms with Gasteiger partial charge in [-0.3, -0.25) is 18.7 Å². The number of carbonyl (C=O) groups excluding carboxylic acids is 1. The van der Waals surface area contributed by atoms with Crippen LogP contribution in [0, 0.1) is 0 Å². The van der Waals surface area contributed by atoms with Crippen molar-refractivity contribution >= 4 is 28.1 Å². The molecule has 0 aliphatic heterocycles. The van der Waals surface area contributed by atoms with Gasteiger partial charge in [-0.25, -0.2) is 4.79 Å². The predicted molar refractivity (Wildman–Crippen MR) is 125 cm³/mol. The van der Waals surface area contributed by atoms with E-state index in [0.29, 0.717) is 30.4 Å². The number of benzene rings is 1. The first kappa shape index (κ1) is 21.3. The van der Waals surface area contributed by atoms with Gasteiger partial charge in [-0.15, -0.1) is 11.3 Å². The highest BCUT2D eigenvalue weighted by molar-refractivity contribution is 7.09. The molecule has 1 aliphatic rings. The minimum Gasteiger partial charge on any atom is -0.354 e. The average molecular weight is 438 g/mol. The lowest BCUT2D eigenvalue weighted by Crippen LogP contribution is -2.43. The maximum Gasteiger partial charge on any atom is 0.331 e. The topological polar surface area (TPSA) is 73.1 Å². The van der Waals surface area contributed by atoms with E-state index in [9.17, 15) is 14.4 Å². The van der Waals surface area contributed by atoms with Crippen LogP contribution in [0.4, 0.5) is 0 Å². The summed E-state index contributed by atoms with van der Waals surface area (Å²) in [6.45, 7) is 0.756. The molecule has 0 bridgehead atoms. The van der Waals surface area contributed by atoms with E-state index in [4.69, 9.17) is 0 Å². The van der Waals surface area contributed by atoms with Crippen LogP contribution >= 0.6 is 11.3 Å². The van der Waals surface area contributed by atoms with Crippen LogP contribution in [0.25, 0.3) is 10.9 Å². The van der Waals surface area contributed by atoms with Crippen LogP contribution in [-0.4, -0.2) is 21.6 Å². The molecule has 3 aromatic rings. The average Bonchev–Trinajstić information content (AvgIpc) is 3.31. The van der Waals surface area contributed by atoms with Gasteiger partial charge in [-0.2, -0.15) is 0 Å². The van der Waals surface area contributed by atoms with Gasteiger partial charge in [0, 0.05) is 18.0 Å². The molecule has 31 heavy (non-hydrogen) atoms. The van der Waals surface area contributed by atoms with E-state index in [1.807, 2.05) is 17.5 Å². The maximum atomic E-state index is 13.2. The molecular formula is C24H27N3O3S. The number of allylic oxidation sites excluding steroid dienone is 1. The zero-order valence-corrected chi connectivity index (χ0v) is 18.3. The van der Waals surface area contributed by atoms with E-state index in [-0.39, 0.29) is 18.0 Å². The van der Waals surface area contributed by atoms with Crippen molar-refractivity contribution in [2.24, 2.45) is 0 Å². The Labute approximate surface area is 184 Å². The van der Waals surface area contributed by atoms with Crippen molar-refractivity contribution in [3.63, 3.8) is 0 Å². The van der Waals surface area contributed by atoms with Crippen molar-refractivity contribution in [1.82, 2.24) is 14.5 Å². The van der Waals surface area contributed by atoms with Gasteiger partial charge >= 0.3 is 5.69 Å². The standard InChI is InChI=1S/C24H27N3O3S/c28-22(25-14-12-18-7-2-1-3-8-18)17-27-21-11-5-4-10-20(21)23(29)26(24(27)30)15-13-19-9-6-16-31-19/h4-7,9-11,16H,1-3,8,12-15,17H2,(H,25,28). The van der Waals surface area contributed by atoms with E-state index in [2.05, 4.69) is 11.4 Å². The molecule has 0 spiro atoms. The van der Waals surface area contributed by atoms with Crippen LogP contribution in [0.15, 0.2) is 63.0 Å². The van der Waals surface area contributed by atoms with Gasteiger partial charge in [0.15, 0.2) is 0 Å². The normalized spacial score (nSPS) is 13.9. The molecule has 1 amide bonds. The molecule has 2 heterocycles. The summed E-state index contributed by atoms with van der Waals surface area (Å²) < 4.78 is 2.67. The van der Waals surface area contributed by atoms with Crippen molar-refractivity contribution in [3.05, 3.63) is 79.1 Å². The third-order valence-corrected chi connectivity index (χ3v) is 6.69. The molecule has 0 atom stereocenters. The number of hydrogen-bond donors (Lipinski definition) is 1. The number of aromatic nitrogens is 2. The van der Waals surface area contributed by atoms with Gasteiger partial charge in [-0.1, -0.05) is 29.8 Å². The van der Waals surface area contributed by atoms with E-state index < -0.39 is 5.69 Å². The number of thiophene rings is 1. The summed E-state index contributed by atoms with van der Waals surface area (Å²) in [6, 6.07) is 10.9. The van der Waals surface area contributed by atoms with Crippen LogP contribution in [0.5, 0.6) is 0 Å². The van der Waals surface area contributed by atoms with Crippen LogP contribution in [0.1, 0.15) is 37.0 Å². The first-order chi connectivity index (χ1) is 15.1. The second-order valence-corrected chi connectivity index (χ2v) is 8.91. The minimum atomic E-state index is -0.439. The Kier molecular flexibility index (Phi) is 6.82. The molecule has 0 saturated carbocycles. The molecule has 0 saturated heterocycles. The summed E-state index contributed by atoms with van der Waals surface area (Å²) in [7, 11) is 0. The molecule has 1 aliphatic carbocycles. The summed E-state index contributed by atoms with van der Waals surface area (Å²) in [6.07, 6.45) is 8.42. The quantitative estimate of drug-likeness (QED) is 0.549. The predicted octanol–water partition coefficient (Wildman–Crippen LogP) is 3.47. The van der Waals surface area contributed by atoms with E-state index in [0.717, 1.165) is 24.1 Å². The third kappa shape index (κ3) is 5.05. The number of aryl methyl sites for hydroxylation is 1. The maximum absolute atomic E-state index is 13.2. The van der Waals surface area contributed by atoms with Crippen LogP contribution in [0.2, 0.25) is 0 Å². The van der Waals surface area contributed by atoms with Gasteiger partial charge in [-0.05, 0) is 62.1 Å². The summed E-state index contributed by atoms with van der Waals surface area (Å²) in [5.74, 6) is -0.216. The van der Waals surface area contributed by atoms with E-state index in [1.165, 1.54) is 27.5 Å². The fourth-order valence-electron chi connectivity index (χ4n) is 4.09. The number of para-hydroxylation sites is 1. The van der Waals surface area contributed by atoms with Crippen molar-refractivity contribution in [3.8, 4) is 0 Å². The Morgan fingerprint density at radius 1 is 1.03 bits per heavy atom.